The summed E-state index contributed by atoms with van der Waals surface area (Å²) >= 11 is 0. The molecule has 2 saturated heterocycles. The van der Waals surface area contributed by atoms with Gasteiger partial charge in [-0.1, -0.05) is 30.3 Å². The number of ether oxygens (including phenoxy) is 1. The van der Waals surface area contributed by atoms with E-state index >= 15 is 0 Å². The van der Waals surface area contributed by atoms with Gasteiger partial charge in [0, 0.05) is 31.1 Å². The van der Waals surface area contributed by atoms with Crippen LogP contribution in [0.25, 0.3) is 10.8 Å². The third-order valence-corrected chi connectivity index (χ3v) is 6.14. The first kappa shape index (κ1) is 16.1. The maximum Gasteiger partial charge on any atom is 0.257 e. The van der Waals surface area contributed by atoms with Gasteiger partial charge in [-0.05, 0) is 30.2 Å². The number of aromatic hydroxyl groups is 1. The van der Waals surface area contributed by atoms with Crippen LogP contribution in [0.2, 0.25) is 0 Å². The van der Waals surface area contributed by atoms with Gasteiger partial charge in [-0.25, -0.2) is 0 Å². The average molecular weight is 352 g/mol. The Morgan fingerprint density at radius 1 is 1.08 bits per heavy atom. The van der Waals surface area contributed by atoms with Crippen molar-refractivity contribution in [2.24, 2.45) is 5.92 Å². The topological polar surface area (TPSA) is 53.0 Å². The number of piperazine rings is 1. The number of morpholine rings is 1. The number of carbonyl (C=O) groups is 1. The van der Waals surface area contributed by atoms with Gasteiger partial charge in [-0.3, -0.25) is 9.69 Å². The predicted octanol–water partition coefficient (Wildman–Crippen LogP) is 2.48. The number of nitrogens with zero attached hydrogens (tertiary/aromatic N) is 2. The number of amides is 1. The van der Waals surface area contributed by atoms with E-state index in [1.54, 1.807) is 6.07 Å². The molecule has 2 heterocycles. The van der Waals surface area contributed by atoms with Crippen molar-refractivity contribution in [1.82, 2.24) is 9.80 Å². The summed E-state index contributed by atoms with van der Waals surface area (Å²) < 4.78 is 5.84. The molecule has 1 N–H and O–H groups in total. The molecular formula is C21H24N2O3. The Bertz CT molecular complexity index is 848. The average Bonchev–Trinajstić information content (AvgIpc) is 3.52. The first-order chi connectivity index (χ1) is 12.7. The van der Waals surface area contributed by atoms with E-state index < -0.39 is 0 Å². The molecule has 26 heavy (non-hydrogen) atoms. The minimum absolute atomic E-state index is 0.0820. The van der Waals surface area contributed by atoms with Gasteiger partial charge in [0.1, 0.15) is 5.75 Å². The Morgan fingerprint density at radius 2 is 1.92 bits per heavy atom. The molecule has 3 fully saturated rings. The van der Waals surface area contributed by atoms with Crippen LogP contribution in [0.15, 0.2) is 36.4 Å². The van der Waals surface area contributed by atoms with Crippen LogP contribution < -0.4 is 0 Å². The Kier molecular flexibility index (Phi) is 3.87. The molecule has 1 aliphatic carbocycles. The van der Waals surface area contributed by atoms with Crippen LogP contribution in [-0.4, -0.2) is 65.7 Å². The zero-order valence-corrected chi connectivity index (χ0v) is 14.8. The lowest BCUT2D eigenvalue weighted by molar-refractivity contribution is -0.0816. The fourth-order valence-electron chi connectivity index (χ4n) is 4.55. The van der Waals surface area contributed by atoms with Crippen LogP contribution in [0.5, 0.6) is 5.75 Å². The highest BCUT2D eigenvalue weighted by atomic mass is 16.5. The molecule has 1 saturated carbocycles. The normalized spacial score (nSPS) is 26.7. The van der Waals surface area contributed by atoms with Gasteiger partial charge in [0.15, 0.2) is 0 Å². The number of hydrogen-bond donors (Lipinski definition) is 1. The highest BCUT2D eigenvalue weighted by molar-refractivity contribution is 6.03. The van der Waals surface area contributed by atoms with Crippen molar-refractivity contribution >= 4 is 16.7 Å². The van der Waals surface area contributed by atoms with Crippen molar-refractivity contribution in [2.75, 3.05) is 32.8 Å². The highest BCUT2D eigenvalue weighted by Gasteiger charge is 2.43. The van der Waals surface area contributed by atoms with E-state index in [0.29, 0.717) is 31.3 Å². The SMILES string of the molecule is O=C(c1ccc2ccccc2c1O)N1CCN2[C@@H](COC[C@@H]2C2CC2)C1. The Labute approximate surface area is 153 Å². The summed E-state index contributed by atoms with van der Waals surface area (Å²) in [5.74, 6) is 0.789. The van der Waals surface area contributed by atoms with Gasteiger partial charge in [0.25, 0.3) is 5.91 Å². The molecule has 2 aromatic rings. The van der Waals surface area contributed by atoms with E-state index in [1.807, 2.05) is 35.2 Å². The van der Waals surface area contributed by atoms with E-state index in [1.165, 1.54) is 12.8 Å². The van der Waals surface area contributed by atoms with Crippen LogP contribution in [-0.2, 0) is 4.74 Å². The standard InChI is InChI=1S/C21H24N2O3/c24-20-17-4-2-1-3-14(17)7-8-18(20)21(25)22-9-10-23-16(11-22)12-26-13-19(23)15-5-6-15/h1-4,7-8,15-16,19,24H,5-6,9-13H2/t16-,19-/m1/s1. The molecule has 0 bridgehead atoms. The maximum atomic E-state index is 13.1. The molecule has 0 radical (unpaired) electrons. The summed E-state index contributed by atoms with van der Waals surface area (Å²) in [6.07, 6.45) is 2.62. The number of hydrogen-bond acceptors (Lipinski definition) is 4. The zero-order valence-electron chi connectivity index (χ0n) is 14.8. The number of phenols is 1. The summed E-state index contributed by atoms with van der Waals surface area (Å²) in [6.45, 7) is 3.81. The predicted molar refractivity (Wildman–Crippen MR) is 99.3 cm³/mol. The Balaban J connectivity index is 1.37. The van der Waals surface area contributed by atoms with Crippen molar-refractivity contribution in [2.45, 2.75) is 24.9 Å². The smallest absolute Gasteiger partial charge is 0.257 e. The van der Waals surface area contributed by atoms with Gasteiger partial charge in [-0.2, -0.15) is 0 Å². The van der Waals surface area contributed by atoms with Crippen LogP contribution in [0.1, 0.15) is 23.2 Å². The van der Waals surface area contributed by atoms with Crippen LogP contribution in [0.4, 0.5) is 0 Å². The van der Waals surface area contributed by atoms with Gasteiger partial charge >= 0.3 is 0 Å². The second kappa shape index (κ2) is 6.25. The third-order valence-electron chi connectivity index (χ3n) is 6.14. The lowest BCUT2D eigenvalue weighted by Gasteiger charge is -2.48. The van der Waals surface area contributed by atoms with Gasteiger partial charge < -0.3 is 14.7 Å². The summed E-state index contributed by atoms with van der Waals surface area (Å²) in [5.41, 5.74) is 0.396. The van der Waals surface area contributed by atoms with Gasteiger partial charge in [0.05, 0.1) is 24.8 Å². The number of fused-ring (bicyclic) bond motifs is 2. The van der Waals surface area contributed by atoms with Crippen molar-refractivity contribution < 1.29 is 14.6 Å². The molecular weight excluding hydrogens is 328 g/mol. The van der Waals surface area contributed by atoms with Gasteiger partial charge in [-0.15, -0.1) is 0 Å². The van der Waals surface area contributed by atoms with Crippen LogP contribution in [0, 0.1) is 5.92 Å². The van der Waals surface area contributed by atoms with E-state index in [2.05, 4.69) is 4.90 Å². The van der Waals surface area contributed by atoms with Crippen molar-refractivity contribution in [1.29, 1.82) is 0 Å². The number of benzene rings is 2. The maximum absolute atomic E-state index is 13.1. The first-order valence-corrected chi connectivity index (χ1v) is 9.56. The van der Waals surface area contributed by atoms with E-state index in [-0.39, 0.29) is 17.7 Å². The lowest BCUT2D eigenvalue weighted by atomic mass is 10.0. The number of phenolic OH excluding ortho intramolecular Hbond substituents is 1. The van der Waals surface area contributed by atoms with Crippen molar-refractivity contribution in [3.05, 3.63) is 42.0 Å². The summed E-state index contributed by atoms with van der Waals surface area (Å²) in [7, 11) is 0. The largest absolute Gasteiger partial charge is 0.506 e. The second-order valence-corrected chi connectivity index (χ2v) is 7.77. The second-order valence-electron chi connectivity index (χ2n) is 7.77. The molecule has 0 aromatic heterocycles. The van der Waals surface area contributed by atoms with E-state index in [4.69, 9.17) is 4.74 Å². The molecule has 5 rings (SSSR count). The molecule has 1 amide bonds. The molecule has 0 unspecified atom stereocenters. The van der Waals surface area contributed by atoms with E-state index in [9.17, 15) is 9.90 Å². The summed E-state index contributed by atoms with van der Waals surface area (Å²) in [5, 5.41) is 12.3. The van der Waals surface area contributed by atoms with Crippen molar-refractivity contribution in [3.8, 4) is 5.75 Å². The highest BCUT2D eigenvalue weighted by Crippen LogP contribution is 2.38. The molecule has 2 aromatic carbocycles. The lowest BCUT2D eigenvalue weighted by Crippen LogP contribution is -2.63. The molecule has 2 atom stereocenters. The quantitative estimate of drug-likeness (QED) is 0.902. The molecule has 3 aliphatic rings. The monoisotopic (exact) mass is 352 g/mol. The molecule has 136 valence electrons. The molecule has 5 heteroatoms. The number of carbonyl (C=O) groups excluding carboxylic acids is 1. The fraction of sp³-hybridized carbons (Fsp3) is 0.476. The number of rotatable bonds is 2. The minimum Gasteiger partial charge on any atom is -0.506 e. The van der Waals surface area contributed by atoms with E-state index in [0.717, 1.165) is 29.8 Å². The molecule has 2 aliphatic heterocycles. The zero-order chi connectivity index (χ0) is 17.7. The third kappa shape index (κ3) is 2.66. The Morgan fingerprint density at radius 3 is 2.77 bits per heavy atom. The fourth-order valence-corrected chi connectivity index (χ4v) is 4.55. The molecule has 0 spiro atoms. The van der Waals surface area contributed by atoms with Crippen LogP contribution in [0.3, 0.4) is 0 Å². The minimum atomic E-state index is -0.0820. The Hall–Kier alpha value is -2.11. The summed E-state index contributed by atoms with van der Waals surface area (Å²) in [6, 6.07) is 12.1. The summed E-state index contributed by atoms with van der Waals surface area (Å²) in [4.78, 5) is 17.5. The van der Waals surface area contributed by atoms with Gasteiger partial charge in [0.2, 0.25) is 0 Å². The van der Waals surface area contributed by atoms with Crippen molar-refractivity contribution in [3.63, 3.8) is 0 Å². The first-order valence-electron chi connectivity index (χ1n) is 9.56. The van der Waals surface area contributed by atoms with Crippen LogP contribution >= 0.6 is 0 Å². The molecule has 5 nitrogen and oxygen atoms in total.